The Morgan fingerprint density at radius 2 is 1.86 bits per heavy atom. The fourth-order valence-electron chi connectivity index (χ4n) is 2.62. The van der Waals surface area contributed by atoms with Crippen LogP contribution in [0.15, 0.2) is 0 Å². The number of morpholine rings is 1. The molecule has 2 saturated heterocycles. The van der Waals surface area contributed by atoms with Gasteiger partial charge in [-0.15, -0.1) is 0 Å². The molecule has 0 unspecified atom stereocenters. The summed E-state index contributed by atoms with van der Waals surface area (Å²) in [6.45, 7) is 3.50. The largest absolute Gasteiger partial charge is 0.379 e. The maximum atomic E-state index is 12.0. The first-order valence-electron chi connectivity index (χ1n) is 7.70. The number of hydrogen-bond donors (Lipinski definition) is 1. The van der Waals surface area contributed by atoms with Gasteiger partial charge in [-0.3, -0.25) is 4.79 Å². The first-order valence-corrected chi connectivity index (χ1v) is 9.14. The normalized spacial score (nSPS) is 22.3. The van der Waals surface area contributed by atoms with Crippen molar-refractivity contribution >= 4 is 16.1 Å². The molecule has 7 nitrogen and oxygen atoms in total. The Labute approximate surface area is 126 Å². The molecular formula is C13H25N3O4S. The molecule has 2 fully saturated rings. The minimum absolute atomic E-state index is 0.198. The van der Waals surface area contributed by atoms with Crippen molar-refractivity contribution in [3.05, 3.63) is 0 Å². The topological polar surface area (TPSA) is 79.0 Å². The molecule has 1 amide bonds. The molecule has 0 aliphatic carbocycles. The predicted molar refractivity (Wildman–Crippen MR) is 79.0 cm³/mol. The number of nitrogens with zero attached hydrogens (tertiary/aromatic N) is 2. The zero-order valence-corrected chi connectivity index (χ0v) is 13.2. The summed E-state index contributed by atoms with van der Waals surface area (Å²) in [7, 11) is -3.41. The summed E-state index contributed by atoms with van der Waals surface area (Å²) >= 11 is 0. The van der Waals surface area contributed by atoms with Crippen molar-refractivity contribution in [1.29, 1.82) is 0 Å². The Bertz CT molecular complexity index is 435. The SMILES string of the molecule is O=C1CCCCCN1CCCNS(=O)(=O)N1CCOCC1. The first-order chi connectivity index (χ1) is 10.1. The van der Waals surface area contributed by atoms with Gasteiger partial charge in [0.1, 0.15) is 0 Å². The lowest BCUT2D eigenvalue weighted by Gasteiger charge is -2.26. The van der Waals surface area contributed by atoms with Crippen LogP contribution in [-0.4, -0.2) is 69.5 Å². The van der Waals surface area contributed by atoms with Crippen LogP contribution in [0.5, 0.6) is 0 Å². The summed E-state index contributed by atoms with van der Waals surface area (Å²) in [4.78, 5) is 13.7. The van der Waals surface area contributed by atoms with Crippen molar-refractivity contribution in [1.82, 2.24) is 13.9 Å². The Morgan fingerprint density at radius 1 is 1.10 bits per heavy atom. The van der Waals surface area contributed by atoms with E-state index in [0.717, 1.165) is 25.8 Å². The van der Waals surface area contributed by atoms with Crippen molar-refractivity contribution in [3.63, 3.8) is 0 Å². The van der Waals surface area contributed by atoms with Gasteiger partial charge in [-0.25, -0.2) is 4.72 Å². The van der Waals surface area contributed by atoms with E-state index in [1.807, 2.05) is 4.90 Å². The third kappa shape index (κ3) is 5.21. The second kappa shape index (κ2) is 8.07. The van der Waals surface area contributed by atoms with E-state index < -0.39 is 10.2 Å². The van der Waals surface area contributed by atoms with Crippen LogP contribution in [0.4, 0.5) is 0 Å². The number of rotatable bonds is 6. The molecule has 0 aromatic heterocycles. The molecule has 0 aromatic rings. The molecule has 0 radical (unpaired) electrons. The maximum absolute atomic E-state index is 12.0. The lowest BCUT2D eigenvalue weighted by atomic mass is 10.2. The Morgan fingerprint density at radius 3 is 2.62 bits per heavy atom. The second-order valence-electron chi connectivity index (χ2n) is 5.46. The number of ether oxygens (including phenoxy) is 1. The Balaban J connectivity index is 1.69. The van der Waals surface area contributed by atoms with Crippen LogP contribution in [0.2, 0.25) is 0 Å². The third-order valence-electron chi connectivity index (χ3n) is 3.87. The average molecular weight is 319 g/mol. The molecule has 2 rings (SSSR count). The fraction of sp³-hybridized carbons (Fsp3) is 0.923. The summed E-state index contributed by atoms with van der Waals surface area (Å²) in [5.74, 6) is 0.198. The summed E-state index contributed by atoms with van der Waals surface area (Å²) in [5.41, 5.74) is 0. The fourth-order valence-corrected chi connectivity index (χ4v) is 3.84. The predicted octanol–water partition coefficient (Wildman–Crippen LogP) is -0.0543. The summed E-state index contributed by atoms with van der Waals surface area (Å²) in [6, 6.07) is 0. The summed E-state index contributed by atoms with van der Waals surface area (Å²) in [6.07, 6.45) is 4.39. The van der Waals surface area contributed by atoms with Gasteiger partial charge in [-0.1, -0.05) is 6.42 Å². The molecule has 2 heterocycles. The molecule has 0 atom stereocenters. The van der Waals surface area contributed by atoms with Crippen molar-refractivity contribution in [3.8, 4) is 0 Å². The smallest absolute Gasteiger partial charge is 0.279 e. The maximum Gasteiger partial charge on any atom is 0.279 e. The van der Waals surface area contributed by atoms with E-state index in [1.54, 1.807) is 0 Å². The number of nitrogens with one attached hydrogen (secondary N) is 1. The van der Waals surface area contributed by atoms with E-state index in [-0.39, 0.29) is 5.91 Å². The molecule has 0 bridgehead atoms. The van der Waals surface area contributed by atoms with Crippen molar-refractivity contribution in [2.45, 2.75) is 32.1 Å². The van der Waals surface area contributed by atoms with Gasteiger partial charge in [-0.05, 0) is 19.3 Å². The standard InChI is InChI=1S/C13H25N3O4S/c17-13-5-2-1-3-7-15(13)8-4-6-14-21(18,19)16-9-11-20-12-10-16/h14H,1-12H2. The molecule has 21 heavy (non-hydrogen) atoms. The van der Waals surface area contributed by atoms with Gasteiger partial charge in [0, 0.05) is 39.1 Å². The summed E-state index contributed by atoms with van der Waals surface area (Å²) in [5, 5.41) is 0. The molecule has 2 aliphatic heterocycles. The Kier molecular flexibility index (Phi) is 6.40. The van der Waals surface area contributed by atoms with Crippen LogP contribution in [-0.2, 0) is 19.7 Å². The van der Waals surface area contributed by atoms with E-state index in [0.29, 0.717) is 52.2 Å². The molecule has 1 N–H and O–H groups in total. The molecule has 0 spiro atoms. The highest BCUT2D eigenvalue weighted by molar-refractivity contribution is 7.87. The van der Waals surface area contributed by atoms with Crippen LogP contribution in [0.1, 0.15) is 32.1 Å². The molecule has 122 valence electrons. The lowest BCUT2D eigenvalue weighted by Crippen LogP contribution is -2.47. The quantitative estimate of drug-likeness (QED) is 0.696. The number of hydrogen-bond acceptors (Lipinski definition) is 4. The van der Waals surface area contributed by atoms with Crippen LogP contribution in [0.3, 0.4) is 0 Å². The number of likely N-dealkylation sites (tertiary alicyclic amines) is 1. The molecule has 0 aromatic carbocycles. The monoisotopic (exact) mass is 319 g/mol. The number of carbonyl (C=O) groups excluding carboxylic acids is 1. The minimum atomic E-state index is -3.41. The third-order valence-corrected chi connectivity index (χ3v) is 5.48. The zero-order chi connectivity index (χ0) is 15.1. The van der Waals surface area contributed by atoms with E-state index in [4.69, 9.17) is 4.74 Å². The van der Waals surface area contributed by atoms with E-state index >= 15 is 0 Å². The van der Waals surface area contributed by atoms with Crippen LogP contribution < -0.4 is 4.72 Å². The van der Waals surface area contributed by atoms with Crippen LogP contribution in [0, 0.1) is 0 Å². The first kappa shape index (κ1) is 16.7. The van der Waals surface area contributed by atoms with E-state index in [9.17, 15) is 13.2 Å². The van der Waals surface area contributed by atoms with Crippen LogP contribution >= 0.6 is 0 Å². The second-order valence-corrected chi connectivity index (χ2v) is 7.21. The summed E-state index contributed by atoms with van der Waals surface area (Å²) < 4.78 is 33.2. The average Bonchev–Trinajstić information content (AvgIpc) is 2.69. The van der Waals surface area contributed by atoms with Crippen molar-refractivity contribution in [2.24, 2.45) is 0 Å². The zero-order valence-electron chi connectivity index (χ0n) is 12.4. The Hall–Kier alpha value is -0.700. The highest BCUT2D eigenvalue weighted by atomic mass is 32.2. The van der Waals surface area contributed by atoms with Gasteiger partial charge in [-0.2, -0.15) is 12.7 Å². The van der Waals surface area contributed by atoms with Crippen molar-refractivity contribution < 1.29 is 17.9 Å². The van der Waals surface area contributed by atoms with Gasteiger partial charge in [0.15, 0.2) is 0 Å². The van der Waals surface area contributed by atoms with Gasteiger partial charge in [0.05, 0.1) is 13.2 Å². The highest BCUT2D eigenvalue weighted by Gasteiger charge is 2.23. The van der Waals surface area contributed by atoms with E-state index in [2.05, 4.69) is 4.72 Å². The van der Waals surface area contributed by atoms with Gasteiger partial charge >= 0.3 is 0 Å². The minimum Gasteiger partial charge on any atom is -0.379 e. The highest BCUT2D eigenvalue weighted by Crippen LogP contribution is 2.11. The number of carbonyl (C=O) groups is 1. The van der Waals surface area contributed by atoms with Crippen molar-refractivity contribution in [2.75, 3.05) is 45.9 Å². The molecule has 8 heteroatoms. The molecular weight excluding hydrogens is 294 g/mol. The van der Waals surface area contributed by atoms with Gasteiger partial charge in [0.2, 0.25) is 5.91 Å². The van der Waals surface area contributed by atoms with Crippen LogP contribution in [0.25, 0.3) is 0 Å². The van der Waals surface area contributed by atoms with Gasteiger partial charge < -0.3 is 9.64 Å². The number of amides is 1. The molecule has 0 saturated carbocycles. The van der Waals surface area contributed by atoms with Gasteiger partial charge in [0.25, 0.3) is 10.2 Å². The van der Waals surface area contributed by atoms with E-state index in [1.165, 1.54) is 4.31 Å². The lowest BCUT2D eigenvalue weighted by molar-refractivity contribution is -0.130. The molecule has 2 aliphatic rings.